The number of anilines is 2. The topological polar surface area (TPSA) is 87.3 Å². The SMILES string of the molecule is Cc1cccc(NC(=O)CNC(=O)c2ccc3c(c2)CCC(=O)N3)c1C. The van der Waals surface area contributed by atoms with Crippen molar-refractivity contribution in [3.63, 3.8) is 0 Å². The number of amides is 3. The van der Waals surface area contributed by atoms with Crippen LogP contribution in [0.25, 0.3) is 0 Å². The largest absolute Gasteiger partial charge is 0.343 e. The number of carbonyl (C=O) groups is 3. The predicted octanol–water partition coefficient (Wildman–Crippen LogP) is 2.56. The van der Waals surface area contributed by atoms with Crippen molar-refractivity contribution in [3.8, 4) is 0 Å². The Morgan fingerprint density at radius 3 is 2.73 bits per heavy atom. The number of hydrogen-bond acceptors (Lipinski definition) is 3. The Kier molecular flexibility index (Phi) is 5.02. The number of fused-ring (bicyclic) bond motifs is 1. The lowest BCUT2D eigenvalue weighted by Crippen LogP contribution is -2.33. The van der Waals surface area contributed by atoms with Crippen LogP contribution in [-0.2, 0) is 16.0 Å². The smallest absolute Gasteiger partial charge is 0.251 e. The highest BCUT2D eigenvalue weighted by Gasteiger charge is 2.17. The highest BCUT2D eigenvalue weighted by atomic mass is 16.2. The molecule has 0 fully saturated rings. The Morgan fingerprint density at radius 1 is 1.12 bits per heavy atom. The van der Waals surface area contributed by atoms with Gasteiger partial charge in [0.2, 0.25) is 11.8 Å². The molecular formula is C20H21N3O3. The van der Waals surface area contributed by atoms with Crippen LogP contribution < -0.4 is 16.0 Å². The maximum Gasteiger partial charge on any atom is 0.251 e. The zero-order valence-electron chi connectivity index (χ0n) is 14.8. The van der Waals surface area contributed by atoms with Gasteiger partial charge in [0.05, 0.1) is 6.54 Å². The van der Waals surface area contributed by atoms with Crippen molar-refractivity contribution in [1.29, 1.82) is 0 Å². The standard InChI is InChI=1S/C20H21N3O3/c1-12-4-3-5-16(13(12)2)22-19(25)11-21-20(26)15-6-8-17-14(10-15)7-9-18(24)23-17/h3-6,8,10H,7,9,11H2,1-2H3,(H,21,26)(H,22,25)(H,23,24). The highest BCUT2D eigenvalue weighted by molar-refractivity contribution is 6.01. The Hall–Kier alpha value is -3.15. The molecule has 2 aromatic rings. The quantitative estimate of drug-likeness (QED) is 0.791. The Labute approximate surface area is 152 Å². The summed E-state index contributed by atoms with van der Waals surface area (Å²) < 4.78 is 0. The lowest BCUT2D eigenvalue weighted by molar-refractivity contribution is -0.116. The maximum atomic E-state index is 12.3. The predicted molar refractivity (Wildman–Crippen MR) is 100 cm³/mol. The van der Waals surface area contributed by atoms with Crippen LogP contribution in [0.2, 0.25) is 0 Å². The molecule has 6 nitrogen and oxygen atoms in total. The summed E-state index contributed by atoms with van der Waals surface area (Å²) in [5, 5.41) is 8.22. The van der Waals surface area contributed by atoms with Gasteiger partial charge in [0, 0.05) is 23.4 Å². The van der Waals surface area contributed by atoms with Crippen LogP contribution in [0.4, 0.5) is 11.4 Å². The Bertz CT molecular complexity index is 890. The van der Waals surface area contributed by atoms with E-state index in [4.69, 9.17) is 0 Å². The molecule has 0 radical (unpaired) electrons. The monoisotopic (exact) mass is 351 g/mol. The number of aryl methyl sites for hydroxylation is 2. The van der Waals surface area contributed by atoms with Crippen LogP contribution in [0.1, 0.15) is 33.5 Å². The third-order valence-electron chi connectivity index (χ3n) is 4.55. The summed E-state index contributed by atoms with van der Waals surface area (Å²) >= 11 is 0. The fraction of sp³-hybridized carbons (Fsp3) is 0.250. The molecule has 0 saturated carbocycles. The normalized spacial score (nSPS) is 12.8. The Balaban J connectivity index is 1.59. The third-order valence-corrected chi connectivity index (χ3v) is 4.55. The van der Waals surface area contributed by atoms with Crippen molar-refractivity contribution in [2.24, 2.45) is 0 Å². The van der Waals surface area contributed by atoms with Crippen molar-refractivity contribution in [2.75, 3.05) is 17.2 Å². The molecule has 1 heterocycles. The fourth-order valence-corrected chi connectivity index (χ4v) is 2.87. The van der Waals surface area contributed by atoms with Gasteiger partial charge >= 0.3 is 0 Å². The third kappa shape index (κ3) is 3.91. The van der Waals surface area contributed by atoms with Crippen LogP contribution in [0.15, 0.2) is 36.4 Å². The zero-order valence-corrected chi connectivity index (χ0v) is 14.8. The molecule has 0 aromatic heterocycles. The molecule has 0 aliphatic carbocycles. The van der Waals surface area contributed by atoms with Gasteiger partial charge in [0.25, 0.3) is 5.91 Å². The van der Waals surface area contributed by atoms with E-state index in [-0.39, 0.29) is 24.3 Å². The average molecular weight is 351 g/mol. The zero-order chi connectivity index (χ0) is 18.7. The van der Waals surface area contributed by atoms with E-state index in [2.05, 4.69) is 16.0 Å². The lowest BCUT2D eigenvalue weighted by Gasteiger charge is -2.17. The summed E-state index contributed by atoms with van der Waals surface area (Å²) in [5.41, 5.74) is 4.98. The molecular weight excluding hydrogens is 330 g/mol. The summed E-state index contributed by atoms with van der Waals surface area (Å²) in [6.07, 6.45) is 1.02. The minimum Gasteiger partial charge on any atom is -0.343 e. The second-order valence-electron chi connectivity index (χ2n) is 6.40. The van der Waals surface area contributed by atoms with Gasteiger partial charge in [-0.15, -0.1) is 0 Å². The van der Waals surface area contributed by atoms with Gasteiger partial charge in [-0.3, -0.25) is 14.4 Å². The van der Waals surface area contributed by atoms with Crippen molar-refractivity contribution in [2.45, 2.75) is 26.7 Å². The number of nitrogens with one attached hydrogen (secondary N) is 3. The lowest BCUT2D eigenvalue weighted by atomic mass is 10.00. The summed E-state index contributed by atoms with van der Waals surface area (Å²) in [7, 11) is 0. The molecule has 3 N–H and O–H groups in total. The van der Waals surface area contributed by atoms with Gasteiger partial charge in [0.1, 0.15) is 0 Å². The van der Waals surface area contributed by atoms with Crippen LogP contribution in [0, 0.1) is 13.8 Å². The van der Waals surface area contributed by atoms with Gasteiger partial charge in [0.15, 0.2) is 0 Å². The van der Waals surface area contributed by atoms with E-state index in [1.54, 1.807) is 18.2 Å². The van der Waals surface area contributed by atoms with Gasteiger partial charge in [-0.1, -0.05) is 12.1 Å². The molecule has 0 saturated heterocycles. The fourth-order valence-electron chi connectivity index (χ4n) is 2.87. The molecule has 0 atom stereocenters. The van der Waals surface area contributed by atoms with E-state index >= 15 is 0 Å². The van der Waals surface area contributed by atoms with Crippen LogP contribution in [0.5, 0.6) is 0 Å². The van der Waals surface area contributed by atoms with E-state index in [1.807, 2.05) is 32.0 Å². The summed E-state index contributed by atoms with van der Waals surface area (Å²) in [4.78, 5) is 35.8. The van der Waals surface area contributed by atoms with Crippen LogP contribution in [0.3, 0.4) is 0 Å². The van der Waals surface area contributed by atoms with Crippen molar-refractivity contribution >= 4 is 29.1 Å². The minimum absolute atomic E-state index is 0.0159. The number of hydrogen-bond donors (Lipinski definition) is 3. The van der Waals surface area contributed by atoms with Gasteiger partial charge in [-0.05, 0) is 61.2 Å². The molecule has 1 aliphatic heterocycles. The van der Waals surface area contributed by atoms with E-state index in [9.17, 15) is 14.4 Å². The molecule has 3 rings (SSSR count). The van der Waals surface area contributed by atoms with Gasteiger partial charge < -0.3 is 16.0 Å². The number of benzene rings is 2. The minimum atomic E-state index is -0.319. The van der Waals surface area contributed by atoms with Gasteiger partial charge in [-0.2, -0.15) is 0 Å². The molecule has 6 heteroatoms. The second-order valence-corrected chi connectivity index (χ2v) is 6.40. The molecule has 0 unspecified atom stereocenters. The van der Waals surface area contributed by atoms with Crippen molar-refractivity contribution in [3.05, 3.63) is 58.7 Å². The molecule has 3 amide bonds. The van der Waals surface area contributed by atoms with Crippen molar-refractivity contribution < 1.29 is 14.4 Å². The summed E-state index contributed by atoms with van der Waals surface area (Å²) in [6, 6.07) is 10.8. The Morgan fingerprint density at radius 2 is 1.92 bits per heavy atom. The molecule has 0 bridgehead atoms. The molecule has 134 valence electrons. The number of rotatable bonds is 4. The average Bonchev–Trinajstić information content (AvgIpc) is 2.63. The summed E-state index contributed by atoms with van der Waals surface area (Å²) in [5.74, 6) is -0.615. The molecule has 0 spiro atoms. The highest BCUT2D eigenvalue weighted by Crippen LogP contribution is 2.23. The van der Waals surface area contributed by atoms with Crippen molar-refractivity contribution in [1.82, 2.24) is 5.32 Å². The van der Waals surface area contributed by atoms with E-state index in [0.717, 1.165) is 28.1 Å². The van der Waals surface area contributed by atoms with Crippen LogP contribution in [-0.4, -0.2) is 24.3 Å². The van der Waals surface area contributed by atoms with E-state index in [1.165, 1.54) is 0 Å². The van der Waals surface area contributed by atoms with Crippen LogP contribution >= 0.6 is 0 Å². The molecule has 2 aromatic carbocycles. The van der Waals surface area contributed by atoms with E-state index < -0.39 is 0 Å². The molecule has 1 aliphatic rings. The van der Waals surface area contributed by atoms with Gasteiger partial charge in [-0.25, -0.2) is 0 Å². The van der Waals surface area contributed by atoms with E-state index in [0.29, 0.717) is 18.4 Å². The first-order chi connectivity index (χ1) is 12.4. The first-order valence-electron chi connectivity index (χ1n) is 8.51. The first kappa shape index (κ1) is 17.7. The number of carbonyl (C=O) groups excluding carboxylic acids is 3. The second kappa shape index (κ2) is 7.39. The first-order valence-corrected chi connectivity index (χ1v) is 8.51. The maximum absolute atomic E-state index is 12.3. The summed E-state index contributed by atoms with van der Waals surface area (Å²) in [6.45, 7) is 3.81. The molecule has 26 heavy (non-hydrogen) atoms.